The van der Waals surface area contributed by atoms with Gasteiger partial charge in [0.1, 0.15) is 5.82 Å². The average Bonchev–Trinajstić information content (AvgIpc) is 2.66. The molecule has 144 valence electrons. The van der Waals surface area contributed by atoms with Gasteiger partial charge < -0.3 is 15.2 Å². The summed E-state index contributed by atoms with van der Waals surface area (Å²) in [6.07, 6.45) is 3.12. The largest absolute Gasteiger partial charge is 0.356 e. The molecule has 7 nitrogen and oxygen atoms in total. The van der Waals surface area contributed by atoms with Gasteiger partial charge in [-0.05, 0) is 30.9 Å². The molecular weight excluding hydrogens is 344 g/mol. The van der Waals surface area contributed by atoms with E-state index in [4.69, 9.17) is 0 Å². The zero-order chi connectivity index (χ0) is 19.2. The molecule has 1 aromatic heterocycles. The quantitative estimate of drug-likeness (QED) is 0.808. The van der Waals surface area contributed by atoms with E-state index < -0.39 is 0 Å². The van der Waals surface area contributed by atoms with Gasteiger partial charge in [0, 0.05) is 38.9 Å². The Labute approximate surface area is 158 Å². The maximum atomic E-state index is 12.2. The maximum Gasteiger partial charge on any atom is 0.258 e. The number of hydrogen-bond donors (Lipinski definition) is 2. The summed E-state index contributed by atoms with van der Waals surface area (Å²) in [5.41, 5.74) is 0.426. The minimum atomic E-state index is -0.197. The number of carbonyl (C=O) groups is 2. The highest BCUT2D eigenvalue weighted by molar-refractivity contribution is 5.79. The molecule has 27 heavy (non-hydrogen) atoms. The molecule has 2 heterocycles. The summed E-state index contributed by atoms with van der Waals surface area (Å²) < 4.78 is 0. The third-order valence-electron chi connectivity index (χ3n) is 4.92. The van der Waals surface area contributed by atoms with E-state index in [1.165, 1.54) is 6.42 Å². The van der Waals surface area contributed by atoms with E-state index in [9.17, 15) is 14.4 Å². The maximum absolute atomic E-state index is 12.2. The first-order valence-corrected chi connectivity index (χ1v) is 9.55. The number of H-pyrrole nitrogens is 1. The molecule has 0 bridgehead atoms. The fourth-order valence-electron chi connectivity index (χ4n) is 3.46. The number of rotatable bonds is 6. The molecule has 1 aromatic carbocycles. The number of nitrogens with one attached hydrogen (secondary N) is 2. The number of nitrogens with zero attached hydrogens (tertiary/aromatic N) is 2. The minimum Gasteiger partial charge on any atom is -0.356 e. The fraction of sp³-hybridized carbons (Fsp3) is 0.500. The molecule has 1 saturated heterocycles. The molecule has 1 aliphatic heterocycles. The molecule has 1 atom stereocenters. The van der Waals surface area contributed by atoms with Crippen LogP contribution in [0.5, 0.6) is 0 Å². The van der Waals surface area contributed by atoms with Crippen molar-refractivity contribution in [2.45, 2.75) is 39.0 Å². The zero-order valence-corrected chi connectivity index (χ0v) is 15.7. The molecule has 0 radical (unpaired) electrons. The highest BCUT2D eigenvalue weighted by atomic mass is 16.2. The zero-order valence-electron chi connectivity index (χ0n) is 15.7. The molecule has 7 heteroatoms. The van der Waals surface area contributed by atoms with Gasteiger partial charge in [-0.15, -0.1) is 0 Å². The number of amides is 2. The van der Waals surface area contributed by atoms with Crippen molar-refractivity contribution in [2.75, 3.05) is 19.6 Å². The van der Waals surface area contributed by atoms with Crippen LogP contribution in [-0.2, 0) is 16.0 Å². The molecular formula is C20H26N4O3. The van der Waals surface area contributed by atoms with Crippen LogP contribution in [0.2, 0.25) is 0 Å². The molecule has 2 amide bonds. The van der Waals surface area contributed by atoms with Gasteiger partial charge in [0.25, 0.3) is 5.56 Å². The predicted octanol–water partition coefficient (Wildman–Crippen LogP) is 1.62. The molecule has 2 N–H and O–H groups in total. The molecule has 0 saturated carbocycles. The van der Waals surface area contributed by atoms with Gasteiger partial charge in [-0.2, -0.15) is 0 Å². The van der Waals surface area contributed by atoms with Crippen LogP contribution >= 0.6 is 0 Å². The summed E-state index contributed by atoms with van der Waals surface area (Å²) in [4.78, 5) is 45.2. The molecule has 1 unspecified atom stereocenters. The summed E-state index contributed by atoms with van der Waals surface area (Å²) in [7, 11) is 0. The number of aromatic nitrogens is 2. The van der Waals surface area contributed by atoms with Gasteiger partial charge in [-0.1, -0.05) is 19.1 Å². The van der Waals surface area contributed by atoms with E-state index in [2.05, 4.69) is 22.2 Å². The lowest BCUT2D eigenvalue weighted by Gasteiger charge is -2.31. The molecule has 0 aliphatic carbocycles. The summed E-state index contributed by atoms with van der Waals surface area (Å²) in [6, 6.07) is 7.11. The predicted molar refractivity (Wildman–Crippen MR) is 103 cm³/mol. The van der Waals surface area contributed by atoms with Crippen LogP contribution in [0.1, 0.15) is 38.4 Å². The van der Waals surface area contributed by atoms with Gasteiger partial charge >= 0.3 is 0 Å². The van der Waals surface area contributed by atoms with Crippen molar-refractivity contribution in [1.82, 2.24) is 20.2 Å². The number of piperidine rings is 1. The van der Waals surface area contributed by atoms with Gasteiger partial charge in [0.15, 0.2) is 0 Å². The van der Waals surface area contributed by atoms with E-state index >= 15 is 0 Å². The summed E-state index contributed by atoms with van der Waals surface area (Å²) >= 11 is 0. The lowest BCUT2D eigenvalue weighted by molar-refractivity contribution is -0.132. The lowest BCUT2D eigenvalue weighted by Crippen LogP contribution is -2.40. The number of fused-ring (bicyclic) bond motifs is 1. The van der Waals surface area contributed by atoms with Gasteiger partial charge in [0.05, 0.1) is 10.9 Å². The number of benzene rings is 1. The van der Waals surface area contributed by atoms with Crippen LogP contribution in [0.3, 0.4) is 0 Å². The van der Waals surface area contributed by atoms with Crippen molar-refractivity contribution in [3.05, 3.63) is 40.4 Å². The highest BCUT2D eigenvalue weighted by Crippen LogP contribution is 2.15. The van der Waals surface area contributed by atoms with Crippen LogP contribution in [0.4, 0.5) is 0 Å². The SMILES string of the molecule is CC1CCCN(C(=O)CCNC(=O)CCc2nc3ccccc3c(=O)[nH]2)C1. The number of likely N-dealkylation sites (tertiary alicyclic amines) is 1. The Bertz CT molecular complexity index is 877. The van der Waals surface area contributed by atoms with Crippen molar-refractivity contribution >= 4 is 22.7 Å². The van der Waals surface area contributed by atoms with E-state index in [1.54, 1.807) is 18.2 Å². The second-order valence-electron chi connectivity index (χ2n) is 7.22. The molecule has 3 rings (SSSR count). The third kappa shape index (κ3) is 5.15. The monoisotopic (exact) mass is 370 g/mol. The van der Waals surface area contributed by atoms with Crippen molar-refractivity contribution < 1.29 is 9.59 Å². The number of aromatic amines is 1. The van der Waals surface area contributed by atoms with Crippen molar-refractivity contribution in [2.24, 2.45) is 5.92 Å². The normalized spacial score (nSPS) is 17.1. The van der Waals surface area contributed by atoms with Crippen molar-refractivity contribution in [3.63, 3.8) is 0 Å². The Morgan fingerprint density at radius 3 is 2.93 bits per heavy atom. The Kier molecular flexibility index (Phi) is 6.21. The summed E-state index contributed by atoms with van der Waals surface area (Å²) in [6.45, 7) is 4.13. The first-order valence-electron chi connectivity index (χ1n) is 9.55. The number of aryl methyl sites for hydroxylation is 1. The first kappa shape index (κ1) is 19.1. The van der Waals surface area contributed by atoms with Crippen LogP contribution < -0.4 is 10.9 Å². The fourth-order valence-corrected chi connectivity index (χ4v) is 3.46. The van der Waals surface area contributed by atoms with Crippen LogP contribution in [0.25, 0.3) is 10.9 Å². The number of para-hydroxylation sites is 1. The molecule has 0 spiro atoms. The van der Waals surface area contributed by atoms with Crippen molar-refractivity contribution in [3.8, 4) is 0 Å². The number of hydrogen-bond acceptors (Lipinski definition) is 4. The van der Waals surface area contributed by atoms with Gasteiger partial charge in [-0.25, -0.2) is 4.98 Å². The Balaban J connectivity index is 1.43. The second kappa shape index (κ2) is 8.79. The minimum absolute atomic E-state index is 0.0994. The lowest BCUT2D eigenvalue weighted by atomic mass is 10.00. The second-order valence-corrected chi connectivity index (χ2v) is 7.22. The Morgan fingerprint density at radius 1 is 1.30 bits per heavy atom. The van der Waals surface area contributed by atoms with Gasteiger partial charge in [0.2, 0.25) is 11.8 Å². The van der Waals surface area contributed by atoms with Gasteiger partial charge in [-0.3, -0.25) is 14.4 Å². The molecule has 1 aliphatic rings. The standard InChI is InChI=1S/C20H26N4O3/c1-14-5-4-12-24(13-14)19(26)10-11-21-18(25)9-8-17-22-16-7-3-2-6-15(16)20(27)23-17/h2-3,6-7,14H,4-5,8-13H2,1H3,(H,21,25)(H,22,23,27). The van der Waals surface area contributed by atoms with E-state index in [0.717, 1.165) is 19.5 Å². The van der Waals surface area contributed by atoms with Crippen LogP contribution in [0.15, 0.2) is 29.1 Å². The Morgan fingerprint density at radius 2 is 2.11 bits per heavy atom. The molecule has 1 fully saturated rings. The van der Waals surface area contributed by atoms with E-state index in [1.807, 2.05) is 11.0 Å². The Hall–Kier alpha value is -2.70. The highest BCUT2D eigenvalue weighted by Gasteiger charge is 2.20. The number of carbonyl (C=O) groups excluding carboxylic acids is 2. The van der Waals surface area contributed by atoms with Crippen LogP contribution in [-0.4, -0.2) is 46.3 Å². The summed E-state index contributed by atoms with van der Waals surface area (Å²) in [5, 5.41) is 3.32. The van der Waals surface area contributed by atoms with E-state index in [-0.39, 0.29) is 23.8 Å². The smallest absolute Gasteiger partial charge is 0.258 e. The summed E-state index contributed by atoms with van der Waals surface area (Å²) in [5.74, 6) is 0.995. The van der Waals surface area contributed by atoms with Crippen molar-refractivity contribution in [1.29, 1.82) is 0 Å². The average molecular weight is 370 g/mol. The van der Waals surface area contributed by atoms with Crippen LogP contribution in [0, 0.1) is 5.92 Å². The van der Waals surface area contributed by atoms with E-state index in [0.29, 0.717) is 42.0 Å². The molecule has 2 aromatic rings. The first-order chi connectivity index (χ1) is 13.0. The topological polar surface area (TPSA) is 95.2 Å². The third-order valence-corrected chi connectivity index (χ3v) is 4.92.